The maximum absolute atomic E-state index is 13.6. The number of nitriles is 1. The van der Waals surface area contributed by atoms with E-state index in [1.54, 1.807) is 16.9 Å². The number of nitrogens with zero attached hydrogens (tertiary/aromatic N) is 4. The number of alkyl halides is 2. The van der Waals surface area contributed by atoms with Gasteiger partial charge >= 0.3 is 0 Å². The van der Waals surface area contributed by atoms with Crippen LogP contribution in [0.5, 0.6) is 0 Å². The molecular weight excluding hydrogens is 476 g/mol. The van der Waals surface area contributed by atoms with E-state index >= 15 is 0 Å². The zero-order valence-corrected chi connectivity index (χ0v) is 19.8. The predicted octanol–water partition coefficient (Wildman–Crippen LogP) is 4.24. The number of carbonyl (C=O) groups excluding carboxylic acids is 2. The molecule has 7 nitrogen and oxygen atoms in total. The van der Waals surface area contributed by atoms with Crippen molar-refractivity contribution in [3.63, 3.8) is 0 Å². The zero-order chi connectivity index (χ0) is 26.0. The number of carbonyl (C=O) groups is 2. The fourth-order valence-corrected chi connectivity index (χ4v) is 4.58. The molecule has 2 heterocycles. The molecule has 5 rings (SSSR count). The highest BCUT2D eigenvalue weighted by Crippen LogP contribution is 2.31. The minimum atomic E-state index is -3.10. The average molecular weight is 500 g/mol. The van der Waals surface area contributed by atoms with Gasteiger partial charge in [0.2, 0.25) is 5.91 Å². The van der Waals surface area contributed by atoms with Gasteiger partial charge in [0.1, 0.15) is 6.04 Å². The van der Waals surface area contributed by atoms with Gasteiger partial charge in [0.15, 0.2) is 0 Å². The van der Waals surface area contributed by atoms with Crippen molar-refractivity contribution < 1.29 is 18.4 Å². The number of nitrogens with one attached hydrogen (secondary N) is 1. The van der Waals surface area contributed by atoms with E-state index in [-0.39, 0.29) is 5.56 Å². The molecule has 186 valence electrons. The lowest BCUT2D eigenvalue weighted by Crippen LogP contribution is -2.42. The molecule has 1 fully saturated rings. The van der Waals surface area contributed by atoms with Crippen molar-refractivity contribution >= 4 is 22.6 Å². The van der Waals surface area contributed by atoms with Gasteiger partial charge < -0.3 is 10.2 Å². The second-order valence-electron chi connectivity index (χ2n) is 9.06. The van der Waals surface area contributed by atoms with Crippen LogP contribution in [0.2, 0.25) is 0 Å². The van der Waals surface area contributed by atoms with E-state index in [0.29, 0.717) is 6.54 Å². The quantitative estimate of drug-likeness (QED) is 0.430. The molecule has 0 radical (unpaired) electrons. The van der Waals surface area contributed by atoms with Crippen LogP contribution in [-0.2, 0) is 11.3 Å². The Kier molecular flexibility index (Phi) is 6.40. The van der Waals surface area contributed by atoms with Crippen LogP contribution in [0.15, 0.2) is 79.1 Å². The number of rotatable bonds is 6. The minimum Gasteiger partial charge on any atom is -0.343 e. The standard InChI is InChI=1S/C28H23F2N5O2/c29-28(30)12-23(13-31)35(18-28)26(36)15-32-27(37)22-14-33-34(17-22)16-19-8-10-21(11-9-19)25-7-3-5-20-4-1-2-6-24(20)25/h1-11,14,17,23H,12,15-16,18H2,(H,32,37)/t23-/m0/s1. The second-order valence-corrected chi connectivity index (χ2v) is 9.06. The first-order chi connectivity index (χ1) is 17.8. The Morgan fingerprint density at radius 3 is 2.62 bits per heavy atom. The van der Waals surface area contributed by atoms with E-state index < -0.39 is 43.3 Å². The summed E-state index contributed by atoms with van der Waals surface area (Å²) < 4.78 is 28.7. The van der Waals surface area contributed by atoms with Gasteiger partial charge in [0.05, 0.1) is 37.5 Å². The monoisotopic (exact) mass is 499 g/mol. The number of amides is 2. The molecule has 0 bridgehead atoms. The summed E-state index contributed by atoms with van der Waals surface area (Å²) in [4.78, 5) is 25.6. The molecule has 0 unspecified atom stereocenters. The van der Waals surface area contributed by atoms with Crippen LogP contribution in [0.4, 0.5) is 8.78 Å². The zero-order valence-electron chi connectivity index (χ0n) is 19.8. The van der Waals surface area contributed by atoms with Gasteiger partial charge in [-0.3, -0.25) is 14.3 Å². The van der Waals surface area contributed by atoms with Gasteiger partial charge in [-0.25, -0.2) is 8.78 Å². The third kappa shape index (κ3) is 5.19. The van der Waals surface area contributed by atoms with Crippen LogP contribution < -0.4 is 5.32 Å². The van der Waals surface area contributed by atoms with Crippen LogP contribution in [0.3, 0.4) is 0 Å². The van der Waals surface area contributed by atoms with Crippen LogP contribution in [-0.4, -0.2) is 51.5 Å². The lowest BCUT2D eigenvalue weighted by atomic mass is 9.97. The normalized spacial score (nSPS) is 16.5. The van der Waals surface area contributed by atoms with Crippen molar-refractivity contribution in [1.82, 2.24) is 20.0 Å². The molecule has 37 heavy (non-hydrogen) atoms. The number of likely N-dealkylation sites (tertiary alicyclic amines) is 1. The minimum absolute atomic E-state index is 0.240. The molecule has 1 aliphatic rings. The summed E-state index contributed by atoms with van der Waals surface area (Å²) in [5, 5.41) is 18.0. The molecular formula is C28H23F2N5O2. The molecule has 4 aromatic rings. The van der Waals surface area contributed by atoms with Gasteiger partial charge in [0, 0.05) is 12.6 Å². The van der Waals surface area contributed by atoms with Crippen molar-refractivity contribution in [3.8, 4) is 17.2 Å². The molecule has 2 amide bonds. The number of halogens is 2. The number of benzene rings is 3. The fraction of sp³-hybridized carbons (Fsp3) is 0.214. The lowest BCUT2D eigenvalue weighted by molar-refractivity contribution is -0.131. The molecule has 0 aliphatic carbocycles. The Labute approximate surface area is 211 Å². The van der Waals surface area contributed by atoms with Crippen molar-refractivity contribution in [1.29, 1.82) is 5.26 Å². The highest BCUT2D eigenvalue weighted by Gasteiger charge is 2.47. The molecule has 1 atom stereocenters. The molecule has 1 N–H and O–H groups in total. The van der Waals surface area contributed by atoms with Crippen molar-refractivity contribution in [2.45, 2.75) is 24.9 Å². The van der Waals surface area contributed by atoms with Gasteiger partial charge in [-0.2, -0.15) is 10.4 Å². The molecule has 1 aromatic heterocycles. The Balaban J connectivity index is 1.20. The number of hydrogen-bond donors (Lipinski definition) is 1. The van der Waals surface area contributed by atoms with E-state index in [0.717, 1.165) is 21.6 Å². The van der Waals surface area contributed by atoms with Crippen molar-refractivity contribution in [2.24, 2.45) is 0 Å². The first-order valence-electron chi connectivity index (χ1n) is 11.8. The van der Waals surface area contributed by atoms with Crippen molar-refractivity contribution in [2.75, 3.05) is 13.1 Å². The highest BCUT2D eigenvalue weighted by atomic mass is 19.3. The summed E-state index contributed by atoms with van der Waals surface area (Å²) in [6, 6.07) is 23.1. The van der Waals surface area contributed by atoms with E-state index in [2.05, 4.69) is 46.8 Å². The Morgan fingerprint density at radius 2 is 1.84 bits per heavy atom. The molecule has 1 aliphatic heterocycles. The summed E-state index contributed by atoms with van der Waals surface area (Å²) in [6.07, 6.45) is 2.24. The lowest BCUT2D eigenvalue weighted by Gasteiger charge is -2.19. The predicted molar refractivity (Wildman–Crippen MR) is 134 cm³/mol. The van der Waals surface area contributed by atoms with Crippen molar-refractivity contribution in [3.05, 3.63) is 90.3 Å². The molecule has 1 saturated heterocycles. The maximum Gasteiger partial charge on any atom is 0.268 e. The van der Waals surface area contributed by atoms with Crippen LogP contribution >= 0.6 is 0 Å². The summed E-state index contributed by atoms with van der Waals surface area (Å²) in [7, 11) is 0. The van der Waals surface area contributed by atoms with Crippen LogP contribution in [0, 0.1) is 11.3 Å². The smallest absolute Gasteiger partial charge is 0.268 e. The number of aromatic nitrogens is 2. The number of fused-ring (bicyclic) bond motifs is 1. The summed E-state index contributed by atoms with van der Waals surface area (Å²) in [6.45, 7) is -0.861. The van der Waals surface area contributed by atoms with E-state index in [9.17, 15) is 18.4 Å². The topological polar surface area (TPSA) is 91.0 Å². The fourth-order valence-electron chi connectivity index (χ4n) is 4.58. The molecule has 9 heteroatoms. The summed E-state index contributed by atoms with van der Waals surface area (Å²) >= 11 is 0. The average Bonchev–Trinajstić information content (AvgIpc) is 3.50. The van der Waals surface area contributed by atoms with Gasteiger partial charge in [-0.05, 0) is 27.5 Å². The van der Waals surface area contributed by atoms with E-state index in [1.165, 1.54) is 17.0 Å². The van der Waals surface area contributed by atoms with Gasteiger partial charge in [0.25, 0.3) is 11.8 Å². The first kappa shape index (κ1) is 24.1. The SMILES string of the molecule is N#C[C@@H]1CC(F)(F)CN1C(=O)CNC(=O)c1cnn(Cc2ccc(-c3cccc4ccccc34)cc2)c1. The first-order valence-corrected chi connectivity index (χ1v) is 11.8. The van der Waals surface area contributed by atoms with Gasteiger partial charge in [-0.1, -0.05) is 66.7 Å². The Morgan fingerprint density at radius 1 is 1.08 bits per heavy atom. The molecule has 3 aromatic carbocycles. The Hall–Kier alpha value is -4.58. The maximum atomic E-state index is 13.6. The summed E-state index contributed by atoms with van der Waals surface area (Å²) in [5.41, 5.74) is 3.48. The highest BCUT2D eigenvalue weighted by molar-refractivity contribution is 5.97. The molecule has 0 spiro atoms. The molecule has 0 saturated carbocycles. The van der Waals surface area contributed by atoms with Gasteiger partial charge in [-0.15, -0.1) is 0 Å². The van der Waals surface area contributed by atoms with E-state index in [1.807, 2.05) is 30.3 Å². The summed E-state index contributed by atoms with van der Waals surface area (Å²) in [5.74, 6) is -4.38. The third-order valence-corrected chi connectivity index (χ3v) is 6.43. The van der Waals surface area contributed by atoms with Crippen LogP contribution in [0.25, 0.3) is 21.9 Å². The Bertz CT molecular complexity index is 1500. The second kappa shape index (κ2) is 9.82. The third-order valence-electron chi connectivity index (χ3n) is 6.43. The van der Waals surface area contributed by atoms with Crippen LogP contribution in [0.1, 0.15) is 22.3 Å². The largest absolute Gasteiger partial charge is 0.343 e. The number of hydrogen-bond acceptors (Lipinski definition) is 4. The van der Waals surface area contributed by atoms with E-state index in [4.69, 9.17) is 5.26 Å².